The molecule has 116 valence electrons. The first-order valence-electron chi connectivity index (χ1n) is 7.56. The van der Waals surface area contributed by atoms with Gasteiger partial charge in [-0.15, -0.1) is 0 Å². The molecule has 2 aromatic carbocycles. The Morgan fingerprint density at radius 3 is 2.50 bits per heavy atom. The lowest BCUT2D eigenvalue weighted by molar-refractivity contribution is 0.0954. The molecule has 0 radical (unpaired) electrons. The SMILES string of the molecule is CCCNCCNC(=O)c1cc(-c2ccccc2)ccc1Cl. The summed E-state index contributed by atoms with van der Waals surface area (Å²) in [6.45, 7) is 4.42. The summed E-state index contributed by atoms with van der Waals surface area (Å²) in [7, 11) is 0. The summed E-state index contributed by atoms with van der Waals surface area (Å²) in [5.74, 6) is -0.138. The predicted octanol–water partition coefficient (Wildman–Crippen LogP) is 3.74. The van der Waals surface area contributed by atoms with Crippen molar-refractivity contribution in [2.45, 2.75) is 13.3 Å². The molecule has 0 saturated carbocycles. The summed E-state index contributed by atoms with van der Waals surface area (Å²) in [5.41, 5.74) is 2.57. The Balaban J connectivity index is 2.05. The second kappa shape index (κ2) is 8.57. The van der Waals surface area contributed by atoms with Crippen LogP contribution < -0.4 is 10.6 Å². The second-order valence-electron chi connectivity index (χ2n) is 5.07. The van der Waals surface area contributed by atoms with Gasteiger partial charge < -0.3 is 10.6 Å². The molecule has 22 heavy (non-hydrogen) atoms. The molecule has 2 rings (SSSR count). The minimum Gasteiger partial charge on any atom is -0.351 e. The second-order valence-corrected chi connectivity index (χ2v) is 5.47. The Hall–Kier alpha value is -1.84. The van der Waals surface area contributed by atoms with E-state index in [4.69, 9.17) is 11.6 Å². The van der Waals surface area contributed by atoms with Gasteiger partial charge in [-0.1, -0.05) is 54.9 Å². The highest BCUT2D eigenvalue weighted by Crippen LogP contribution is 2.25. The van der Waals surface area contributed by atoms with E-state index in [-0.39, 0.29) is 5.91 Å². The first-order chi connectivity index (χ1) is 10.7. The molecule has 4 heteroatoms. The number of rotatable bonds is 7. The summed E-state index contributed by atoms with van der Waals surface area (Å²) < 4.78 is 0. The van der Waals surface area contributed by atoms with Crippen LogP contribution in [0.15, 0.2) is 48.5 Å². The third-order valence-electron chi connectivity index (χ3n) is 3.33. The molecule has 0 bridgehead atoms. The van der Waals surface area contributed by atoms with E-state index in [1.807, 2.05) is 42.5 Å². The van der Waals surface area contributed by atoms with Gasteiger partial charge in [-0.3, -0.25) is 4.79 Å². The summed E-state index contributed by atoms with van der Waals surface area (Å²) in [5, 5.41) is 6.61. The minimum absolute atomic E-state index is 0.138. The number of carbonyl (C=O) groups excluding carboxylic acids is 1. The maximum Gasteiger partial charge on any atom is 0.252 e. The molecule has 0 heterocycles. The third kappa shape index (κ3) is 4.58. The molecule has 0 aliphatic rings. The van der Waals surface area contributed by atoms with Crippen molar-refractivity contribution >= 4 is 17.5 Å². The Morgan fingerprint density at radius 1 is 1.00 bits per heavy atom. The fourth-order valence-electron chi connectivity index (χ4n) is 2.17. The van der Waals surface area contributed by atoms with Gasteiger partial charge in [-0.25, -0.2) is 0 Å². The predicted molar refractivity (Wildman–Crippen MR) is 92.4 cm³/mol. The average molecular weight is 317 g/mol. The van der Waals surface area contributed by atoms with Crippen LogP contribution in [0.3, 0.4) is 0 Å². The van der Waals surface area contributed by atoms with Crippen LogP contribution in [0.5, 0.6) is 0 Å². The van der Waals surface area contributed by atoms with Crippen molar-refractivity contribution in [1.82, 2.24) is 10.6 Å². The van der Waals surface area contributed by atoms with Crippen molar-refractivity contribution in [2.75, 3.05) is 19.6 Å². The normalized spacial score (nSPS) is 10.5. The number of carbonyl (C=O) groups is 1. The molecular formula is C18H21ClN2O. The highest BCUT2D eigenvalue weighted by molar-refractivity contribution is 6.34. The molecule has 0 unspecified atom stereocenters. The Bertz CT molecular complexity index is 614. The van der Waals surface area contributed by atoms with Gasteiger partial charge in [0.2, 0.25) is 0 Å². The fraction of sp³-hybridized carbons (Fsp3) is 0.278. The molecule has 0 aliphatic carbocycles. The van der Waals surface area contributed by atoms with E-state index in [1.54, 1.807) is 6.07 Å². The zero-order valence-corrected chi connectivity index (χ0v) is 13.5. The van der Waals surface area contributed by atoms with Crippen LogP contribution in [0.2, 0.25) is 5.02 Å². The average Bonchev–Trinajstić information content (AvgIpc) is 2.55. The van der Waals surface area contributed by atoms with Crippen molar-refractivity contribution in [1.29, 1.82) is 0 Å². The molecule has 0 atom stereocenters. The number of halogens is 1. The van der Waals surface area contributed by atoms with Crippen LogP contribution in [0.25, 0.3) is 11.1 Å². The molecule has 0 spiro atoms. The summed E-state index contributed by atoms with van der Waals surface area (Å²) in [6.07, 6.45) is 1.08. The van der Waals surface area contributed by atoms with Crippen molar-refractivity contribution < 1.29 is 4.79 Å². The van der Waals surface area contributed by atoms with E-state index in [2.05, 4.69) is 17.6 Å². The molecule has 1 amide bonds. The van der Waals surface area contributed by atoms with Crippen LogP contribution in [0.1, 0.15) is 23.7 Å². The lowest BCUT2D eigenvalue weighted by Crippen LogP contribution is -2.32. The van der Waals surface area contributed by atoms with E-state index in [0.717, 1.165) is 30.6 Å². The lowest BCUT2D eigenvalue weighted by Gasteiger charge is -2.09. The smallest absolute Gasteiger partial charge is 0.252 e. The van der Waals surface area contributed by atoms with Crippen LogP contribution in [-0.2, 0) is 0 Å². The van der Waals surface area contributed by atoms with E-state index >= 15 is 0 Å². The van der Waals surface area contributed by atoms with Gasteiger partial charge in [0.25, 0.3) is 5.91 Å². The van der Waals surface area contributed by atoms with E-state index in [9.17, 15) is 4.79 Å². The zero-order valence-electron chi connectivity index (χ0n) is 12.7. The molecular weight excluding hydrogens is 296 g/mol. The number of nitrogens with one attached hydrogen (secondary N) is 2. The van der Waals surface area contributed by atoms with Gasteiger partial charge >= 0.3 is 0 Å². The van der Waals surface area contributed by atoms with Crippen molar-refractivity contribution in [3.05, 3.63) is 59.1 Å². The number of hydrogen-bond donors (Lipinski definition) is 2. The Kier molecular flexibility index (Phi) is 6.44. The molecule has 0 fully saturated rings. The number of benzene rings is 2. The Labute approximate surface area is 136 Å². The molecule has 0 aromatic heterocycles. The van der Waals surface area contributed by atoms with Gasteiger partial charge in [0.1, 0.15) is 0 Å². The van der Waals surface area contributed by atoms with Crippen LogP contribution in [0.4, 0.5) is 0 Å². The van der Waals surface area contributed by atoms with Crippen LogP contribution in [0, 0.1) is 0 Å². The standard InChI is InChI=1S/C18H21ClN2O/c1-2-10-20-11-12-21-18(22)16-13-15(8-9-17(16)19)14-6-4-3-5-7-14/h3-9,13,20H,2,10-12H2,1H3,(H,21,22). The van der Waals surface area contributed by atoms with Gasteiger partial charge in [-0.2, -0.15) is 0 Å². The molecule has 2 aromatic rings. The van der Waals surface area contributed by atoms with Crippen molar-refractivity contribution in [2.24, 2.45) is 0 Å². The topological polar surface area (TPSA) is 41.1 Å². The fourth-order valence-corrected chi connectivity index (χ4v) is 2.37. The maximum absolute atomic E-state index is 12.3. The molecule has 2 N–H and O–H groups in total. The highest BCUT2D eigenvalue weighted by atomic mass is 35.5. The van der Waals surface area contributed by atoms with E-state index in [0.29, 0.717) is 17.1 Å². The summed E-state index contributed by atoms with van der Waals surface area (Å²) in [4.78, 5) is 12.3. The molecule has 0 aliphatic heterocycles. The monoisotopic (exact) mass is 316 g/mol. The van der Waals surface area contributed by atoms with Gasteiger partial charge in [0, 0.05) is 13.1 Å². The van der Waals surface area contributed by atoms with Crippen molar-refractivity contribution in [3.8, 4) is 11.1 Å². The van der Waals surface area contributed by atoms with Crippen molar-refractivity contribution in [3.63, 3.8) is 0 Å². The zero-order chi connectivity index (χ0) is 15.8. The minimum atomic E-state index is -0.138. The highest BCUT2D eigenvalue weighted by Gasteiger charge is 2.11. The van der Waals surface area contributed by atoms with Gasteiger partial charge in [-0.05, 0) is 36.2 Å². The molecule has 3 nitrogen and oxygen atoms in total. The largest absolute Gasteiger partial charge is 0.351 e. The molecule has 0 saturated heterocycles. The third-order valence-corrected chi connectivity index (χ3v) is 3.66. The Morgan fingerprint density at radius 2 is 1.77 bits per heavy atom. The summed E-state index contributed by atoms with van der Waals surface area (Å²) >= 11 is 6.16. The first-order valence-corrected chi connectivity index (χ1v) is 7.94. The van der Waals surface area contributed by atoms with Crippen LogP contribution in [-0.4, -0.2) is 25.5 Å². The quantitative estimate of drug-likeness (QED) is 0.764. The van der Waals surface area contributed by atoms with E-state index < -0.39 is 0 Å². The van der Waals surface area contributed by atoms with Gasteiger partial charge in [0.15, 0.2) is 0 Å². The lowest BCUT2D eigenvalue weighted by atomic mass is 10.0. The van der Waals surface area contributed by atoms with Crippen LogP contribution >= 0.6 is 11.6 Å². The number of amides is 1. The van der Waals surface area contributed by atoms with E-state index in [1.165, 1.54) is 0 Å². The maximum atomic E-state index is 12.3. The summed E-state index contributed by atoms with van der Waals surface area (Å²) in [6, 6.07) is 15.5. The van der Waals surface area contributed by atoms with Gasteiger partial charge in [0.05, 0.1) is 10.6 Å². The first kappa shape index (κ1) is 16.5. The number of hydrogen-bond acceptors (Lipinski definition) is 2.